The van der Waals surface area contributed by atoms with Crippen LogP contribution in [-0.4, -0.2) is 36.5 Å². The first-order valence-electron chi connectivity index (χ1n) is 7.21. The summed E-state index contributed by atoms with van der Waals surface area (Å²) in [5, 5.41) is 3.02. The van der Waals surface area contributed by atoms with Gasteiger partial charge in [-0.05, 0) is 49.9 Å². The average Bonchev–Trinajstić information content (AvgIpc) is 3.18. The van der Waals surface area contributed by atoms with Crippen molar-refractivity contribution >= 4 is 27.5 Å². The predicted molar refractivity (Wildman–Crippen MR) is 83.6 cm³/mol. The van der Waals surface area contributed by atoms with Gasteiger partial charge in [-0.25, -0.2) is 0 Å². The van der Waals surface area contributed by atoms with E-state index in [1.165, 1.54) is 25.8 Å². The third-order valence-electron chi connectivity index (χ3n) is 4.19. The molecule has 4 nitrogen and oxygen atoms in total. The molecule has 3 N–H and O–H groups in total. The largest absolute Gasteiger partial charge is 0.398 e. The average molecular weight is 338 g/mol. The van der Waals surface area contributed by atoms with E-state index in [9.17, 15) is 4.79 Å². The van der Waals surface area contributed by atoms with E-state index in [1.54, 1.807) is 12.1 Å². The van der Waals surface area contributed by atoms with E-state index in [-0.39, 0.29) is 5.91 Å². The van der Waals surface area contributed by atoms with E-state index in [4.69, 9.17) is 5.73 Å². The van der Waals surface area contributed by atoms with E-state index >= 15 is 0 Å². The summed E-state index contributed by atoms with van der Waals surface area (Å²) < 4.78 is 0.873. The van der Waals surface area contributed by atoms with Crippen molar-refractivity contribution in [2.24, 2.45) is 5.92 Å². The number of halogens is 1. The van der Waals surface area contributed by atoms with Gasteiger partial charge in [0, 0.05) is 29.3 Å². The molecule has 1 unspecified atom stereocenters. The van der Waals surface area contributed by atoms with Gasteiger partial charge in [0.2, 0.25) is 0 Å². The van der Waals surface area contributed by atoms with Crippen LogP contribution in [0.15, 0.2) is 22.7 Å². The Morgan fingerprint density at radius 2 is 2.20 bits per heavy atom. The second-order valence-electron chi connectivity index (χ2n) is 5.82. The Bertz CT molecular complexity index is 516. The number of nitrogens with one attached hydrogen (secondary N) is 1. The molecule has 1 aromatic rings. The topological polar surface area (TPSA) is 58.4 Å². The molecule has 1 heterocycles. The molecule has 1 aromatic carbocycles. The number of anilines is 1. The Hall–Kier alpha value is -1.07. The number of hydrogen-bond donors (Lipinski definition) is 2. The molecule has 1 aliphatic heterocycles. The lowest BCUT2D eigenvalue weighted by Crippen LogP contribution is -2.31. The SMILES string of the molecule is Nc1ccc(Br)cc1C(=O)NCC1CCN(C2CC2)C1. The molecule has 2 fully saturated rings. The number of hydrogen-bond acceptors (Lipinski definition) is 3. The van der Waals surface area contributed by atoms with Gasteiger partial charge >= 0.3 is 0 Å². The summed E-state index contributed by atoms with van der Waals surface area (Å²) in [5.74, 6) is 0.501. The van der Waals surface area contributed by atoms with E-state index in [2.05, 4.69) is 26.1 Å². The highest BCUT2D eigenvalue weighted by Gasteiger charge is 2.34. The number of likely N-dealkylation sites (tertiary alicyclic amines) is 1. The van der Waals surface area contributed by atoms with E-state index in [1.807, 2.05) is 6.07 Å². The van der Waals surface area contributed by atoms with Crippen LogP contribution in [0, 0.1) is 5.92 Å². The first kappa shape index (κ1) is 13.9. The molecule has 1 atom stereocenters. The fourth-order valence-electron chi connectivity index (χ4n) is 2.86. The van der Waals surface area contributed by atoms with Crippen LogP contribution in [0.5, 0.6) is 0 Å². The summed E-state index contributed by atoms with van der Waals surface area (Å²) in [7, 11) is 0. The van der Waals surface area contributed by atoms with Gasteiger partial charge in [-0.1, -0.05) is 15.9 Å². The second kappa shape index (κ2) is 5.74. The van der Waals surface area contributed by atoms with Crippen molar-refractivity contribution in [1.29, 1.82) is 0 Å². The first-order valence-corrected chi connectivity index (χ1v) is 8.00. The number of nitrogen functional groups attached to an aromatic ring is 1. The molecule has 20 heavy (non-hydrogen) atoms. The lowest BCUT2D eigenvalue weighted by atomic mass is 10.1. The maximum absolute atomic E-state index is 12.2. The van der Waals surface area contributed by atoms with Crippen molar-refractivity contribution in [3.8, 4) is 0 Å². The van der Waals surface area contributed by atoms with Crippen molar-refractivity contribution in [2.75, 3.05) is 25.4 Å². The summed E-state index contributed by atoms with van der Waals surface area (Å²) in [4.78, 5) is 14.7. The minimum absolute atomic E-state index is 0.0753. The summed E-state index contributed by atoms with van der Waals surface area (Å²) in [6.45, 7) is 3.05. The van der Waals surface area contributed by atoms with Crippen LogP contribution in [0.4, 0.5) is 5.69 Å². The Kier molecular flexibility index (Phi) is 3.98. The minimum atomic E-state index is -0.0753. The predicted octanol–water partition coefficient (Wildman–Crippen LogP) is 2.25. The molecule has 3 rings (SSSR count). The number of nitrogens with two attached hydrogens (primary N) is 1. The van der Waals surface area contributed by atoms with E-state index < -0.39 is 0 Å². The normalized spacial score (nSPS) is 22.9. The molecule has 0 bridgehead atoms. The Morgan fingerprint density at radius 1 is 1.40 bits per heavy atom. The molecule has 0 spiro atoms. The minimum Gasteiger partial charge on any atom is -0.398 e. The van der Waals surface area contributed by atoms with E-state index in [0.29, 0.717) is 17.2 Å². The van der Waals surface area contributed by atoms with Gasteiger partial charge in [-0.15, -0.1) is 0 Å². The molecule has 1 aliphatic carbocycles. The highest BCUT2D eigenvalue weighted by Crippen LogP contribution is 2.31. The van der Waals surface area contributed by atoms with Gasteiger partial charge in [-0.2, -0.15) is 0 Å². The third kappa shape index (κ3) is 3.15. The summed E-state index contributed by atoms with van der Waals surface area (Å²) in [6, 6.07) is 6.20. The number of rotatable bonds is 4. The molecule has 2 aliphatic rings. The smallest absolute Gasteiger partial charge is 0.253 e. The van der Waals surface area contributed by atoms with Crippen LogP contribution < -0.4 is 11.1 Å². The summed E-state index contributed by atoms with van der Waals surface area (Å²) >= 11 is 3.37. The lowest BCUT2D eigenvalue weighted by Gasteiger charge is -2.15. The second-order valence-corrected chi connectivity index (χ2v) is 6.74. The number of carbonyl (C=O) groups excluding carboxylic acids is 1. The summed E-state index contributed by atoms with van der Waals surface area (Å²) in [5.41, 5.74) is 6.93. The van der Waals surface area contributed by atoms with Crippen molar-refractivity contribution in [3.05, 3.63) is 28.2 Å². The molecular weight excluding hydrogens is 318 g/mol. The quantitative estimate of drug-likeness (QED) is 0.828. The zero-order valence-electron chi connectivity index (χ0n) is 11.4. The van der Waals surface area contributed by atoms with Crippen molar-refractivity contribution in [1.82, 2.24) is 10.2 Å². The number of benzene rings is 1. The van der Waals surface area contributed by atoms with Crippen molar-refractivity contribution < 1.29 is 4.79 Å². The summed E-state index contributed by atoms with van der Waals surface area (Å²) in [6.07, 6.45) is 3.89. The number of amides is 1. The van der Waals surface area contributed by atoms with Gasteiger partial charge < -0.3 is 16.0 Å². The van der Waals surface area contributed by atoms with Crippen LogP contribution in [0.1, 0.15) is 29.6 Å². The van der Waals surface area contributed by atoms with Crippen molar-refractivity contribution in [3.63, 3.8) is 0 Å². The fraction of sp³-hybridized carbons (Fsp3) is 0.533. The number of carbonyl (C=O) groups is 1. The molecule has 108 valence electrons. The first-order chi connectivity index (χ1) is 9.63. The zero-order valence-corrected chi connectivity index (χ0v) is 13.0. The molecule has 0 radical (unpaired) electrons. The van der Waals surface area contributed by atoms with Crippen LogP contribution in [0.2, 0.25) is 0 Å². The van der Waals surface area contributed by atoms with Gasteiger partial charge in [0.15, 0.2) is 0 Å². The van der Waals surface area contributed by atoms with Gasteiger partial charge in [0.25, 0.3) is 5.91 Å². The molecule has 1 saturated carbocycles. The highest BCUT2D eigenvalue weighted by molar-refractivity contribution is 9.10. The van der Waals surface area contributed by atoms with Crippen molar-refractivity contribution in [2.45, 2.75) is 25.3 Å². The molecule has 5 heteroatoms. The monoisotopic (exact) mass is 337 g/mol. The van der Waals surface area contributed by atoms with Crippen LogP contribution in [0.25, 0.3) is 0 Å². The third-order valence-corrected chi connectivity index (χ3v) is 4.69. The zero-order chi connectivity index (χ0) is 14.1. The van der Waals surface area contributed by atoms with E-state index in [0.717, 1.165) is 23.6 Å². The maximum atomic E-state index is 12.2. The lowest BCUT2D eigenvalue weighted by molar-refractivity contribution is 0.0948. The Morgan fingerprint density at radius 3 is 2.95 bits per heavy atom. The highest BCUT2D eigenvalue weighted by atomic mass is 79.9. The molecule has 1 saturated heterocycles. The van der Waals surface area contributed by atoms with Gasteiger partial charge in [-0.3, -0.25) is 4.79 Å². The standard InChI is InChI=1S/C15H20BrN3O/c16-11-1-4-14(17)13(7-11)15(20)18-8-10-5-6-19(9-10)12-2-3-12/h1,4,7,10,12H,2-3,5-6,8-9,17H2,(H,18,20). The fourth-order valence-corrected chi connectivity index (χ4v) is 3.22. The van der Waals surface area contributed by atoms with Crippen LogP contribution in [0.3, 0.4) is 0 Å². The van der Waals surface area contributed by atoms with Gasteiger partial charge in [0.1, 0.15) is 0 Å². The van der Waals surface area contributed by atoms with Crippen LogP contribution in [-0.2, 0) is 0 Å². The Balaban J connectivity index is 1.53. The molecular formula is C15H20BrN3O. The maximum Gasteiger partial charge on any atom is 0.253 e. The van der Waals surface area contributed by atoms with Crippen LogP contribution >= 0.6 is 15.9 Å². The number of nitrogens with zero attached hydrogens (tertiary/aromatic N) is 1. The molecule has 0 aromatic heterocycles. The molecule has 1 amide bonds. The Labute approximate surface area is 127 Å². The van der Waals surface area contributed by atoms with Gasteiger partial charge in [0.05, 0.1) is 5.56 Å².